The Hall–Kier alpha value is -1.26. The number of esters is 1. The van der Waals surface area contributed by atoms with Gasteiger partial charge in [-0.25, -0.2) is 4.79 Å². The van der Waals surface area contributed by atoms with Crippen molar-refractivity contribution in [3.05, 3.63) is 29.3 Å². The maximum absolute atomic E-state index is 12.1. The van der Waals surface area contributed by atoms with Gasteiger partial charge in [-0.1, -0.05) is 23.7 Å². The van der Waals surface area contributed by atoms with Gasteiger partial charge in [0.1, 0.15) is 0 Å². The lowest BCUT2D eigenvalue weighted by atomic mass is 9.98. The molecule has 0 saturated carbocycles. The number of carbonyl (C=O) groups excluding carboxylic acids is 1. The molecule has 0 amide bonds. The van der Waals surface area contributed by atoms with E-state index in [-0.39, 0.29) is 5.97 Å². The summed E-state index contributed by atoms with van der Waals surface area (Å²) in [4.78, 5) is 12.1. The summed E-state index contributed by atoms with van der Waals surface area (Å²) in [5.41, 5.74) is -0.0983. The molecule has 1 fully saturated rings. The number of hydrogen-bond donors (Lipinski definition) is 1. The standard InChI is InChI=1S/C13H16ClNO3/c1-2-18-12(16)13(7-8-17-9-13)15-11-6-4-3-5-10(11)14/h3-6,15H,2,7-9H2,1H3. The summed E-state index contributed by atoms with van der Waals surface area (Å²) in [5, 5.41) is 3.75. The molecule has 1 aromatic carbocycles. The second-order valence-corrected chi connectivity index (χ2v) is 4.62. The van der Waals surface area contributed by atoms with E-state index in [0.717, 1.165) is 5.69 Å². The van der Waals surface area contributed by atoms with Crippen molar-refractivity contribution in [1.29, 1.82) is 0 Å². The van der Waals surface area contributed by atoms with Crippen LogP contribution in [0.3, 0.4) is 0 Å². The fraction of sp³-hybridized carbons (Fsp3) is 0.462. The van der Waals surface area contributed by atoms with Crippen LogP contribution >= 0.6 is 11.6 Å². The summed E-state index contributed by atoms with van der Waals surface area (Å²) in [7, 11) is 0. The van der Waals surface area contributed by atoms with E-state index in [9.17, 15) is 4.79 Å². The highest BCUT2D eigenvalue weighted by atomic mass is 35.5. The van der Waals surface area contributed by atoms with Crippen LogP contribution in [0.15, 0.2) is 24.3 Å². The van der Waals surface area contributed by atoms with Crippen molar-refractivity contribution < 1.29 is 14.3 Å². The van der Waals surface area contributed by atoms with Gasteiger partial charge in [0, 0.05) is 13.0 Å². The van der Waals surface area contributed by atoms with Crippen LogP contribution in [0, 0.1) is 0 Å². The topological polar surface area (TPSA) is 47.6 Å². The summed E-state index contributed by atoms with van der Waals surface area (Å²) in [6.07, 6.45) is 0.580. The van der Waals surface area contributed by atoms with Gasteiger partial charge in [-0.05, 0) is 19.1 Å². The SMILES string of the molecule is CCOC(=O)C1(Nc2ccccc2Cl)CCOC1. The molecule has 1 saturated heterocycles. The van der Waals surface area contributed by atoms with Gasteiger partial charge in [0.05, 0.1) is 23.9 Å². The normalized spacial score (nSPS) is 22.8. The molecule has 0 radical (unpaired) electrons. The molecule has 98 valence electrons. The number of carbonyl (C=O) groups is 1. The number of para-hydroxylation sites is 1. The Bertz CT molecular complexity index is 430. The molecule has 1 unspecified atom stereocenters. The molecular formula is C13H16ClNO3. The first-order valence-electron chi connectivity index (χ1n) is 5.95. The molecular weight excluding hydrogens is 254 g/mol. The number of rotatable bonds is 4. The highest BCUT2D eigenvalue weighted by Gasteiger charge is 2.44. The van der Waals surface area contributed by atoms with Crippen LogP contribution in [0.25, 0.3) is 0 Å². The van der Waals surface area contributed by atoms with E-state index in [4.69, 9.17) is 21.1 Å². The van der Waals surface area contributed by atoms with Crippen LogP contribution in [-0.2, 0) is 14.3 Å². The molecule has 0 aliphatic carbocycles. The molecule has 1 aliphatic rings. The summed E-state index contributed by atoms with van der Waals surface area (Å²) in [6, 6.07) is 7.32. The fourth-order valence-corrected chi connectivity index (χ4v) is 2.15. The van der Waals surface area contributed by atoms with Crippen molar-refractivity contribution in [2.45, 2.75) is 18.9 Å². The van der Waals surface area contributed by atoms with Gasteiger partial charge in [0.15, 0.2) is 5.54 Å². The third-order valence-electron chi connectivity index (χ3n) is 2.94. The van der Waals surface area contributed by atoms with Crippen molar-refractivity contribution in [2.24, 2.45) is 0 Å². The van der Waals surface area contributed by atoms with Gasteiger partial charge in [0.2, 0.25) is 0 Å². The molecule has 5 heteroatoms. The van der Waals surface area contributed by atoms with Gasteiger partial charge in [0.25, 0.3) is 0 Å². The van der Waals surface area contributed by atoms with Crippen molar-refractivity contribution >= 4 is 23.3 Å². The minimum Gasteiger partial charge on any atom is -0.464 e. The first-order valence-corrected chi connectivity index (χ1v) is 6.33. The second kappa shape index (κ2) is 5.59. The molecule has 18 heavy (non-hydrogen) atoms. The first-order chi connectivity index (χ1) is 8.68. The van der Waals surface area contributed by atoms with Crippen LogP contribution in [0.2, 0.25) is 5.02 Å². The lowest BCUT2D eigenvalue weighted by molar-refractivity contribution is -0.148. The Morgan fingerprint density at radius 1 is 1.56 bits per heavy atom. The van der Waals surface area contributed by atoms with Crippen LogP contribution in [0.4, 0.5) is 5.69 Å². The van der Waals surface area contributed by atoms with Gasteiger partial charge in [-0.15, -0.1) is 0 Å². The highest BCUT2D eigenvalue weighted by molar-refractivity contribution is 6.33. The van der Waals surface area contributed by atoms with E-state index in [1.165, 1.54) is 0 Å². The lowest BCUT2D eigenvalue weighted by Gasteiger charge is -2.27. The molecule has 1 aliphatic heterocycles. The van der Waals surface area contributed by atoms with E-state index in [0.29, 0.717) is 31.3 Å². The zero-order valence-corrected chi connectivity index (χ0v) is 11.0. The Kier molecular flexibility index (Phi) is 4.09. The predicted octanol–water partition coefficient (Wildman–Crippen LogP) is 2.47. The molecule has 1 atom stereocenters. The van der Waals surface area contributed by atoms with Gasteiger partial charge >= 0.3 is 5.97 Å². The van der Waals surface area contributed by atoms with E-state index in [2.05, 4.69) is 5.32 Å². The third-order valence-corrected chi connectivity index (χ3v) is 3.27. The lowest BCUT2D eigenvalue weighted by Crippen LogP contribution is -2.48. The van der Waals surface area contributed by atoms with Crippen molar-refractivity contribution in [1.82, 2.24) is 0 Å². The average molecular weight is 270 g/mol. The highest BCUT2D eigenvalue weighted by Crippen LogP contribution is 2.29. The maximum atomic E-state index is 12.1. The van der Waals surface area contributed by atoms with Crippen LogP contribution in [0.1, 0.15) is 13.3 Å². The predicted molar refractivity (Wildman–Crippen MR) is 69.9 cm³/mol. The van der Waals surface area contributed by atoms with E-state index in [1.807, 2.05) is 18.2 Å². The molecule has 1 heterocycles. The van der Waals surface area contributed by atoms with E-state index < -0.39 is 5.54 Å². The van der Waals surface area contributed by atoms with Crippen LogP contribution in [-0.4, -0.2) is 31.3 Å². The summed E-state index contributed by atoms with van der Waals surface area (Å²) in [6.45, 7) is 2.98. The molecule has 0 spiro atoms. The molecule has 1 aromatic rings. The Balaban J connectivity index is 2.21. The third kappa shape index (κ3) is 2.60. The molecule has 0 bridgehead atoms. The monoisotopic (exact) mass is 269 g/mol. The summed E-state index contributed by atoms with van der Waals surface area (Å²) >= 11 is 6.09. The van der Waals surface area contributed by atoms with Gasteiger partial charge in [-0.3, -0.25) is 0 Å². The number of anilines is 1. The summed E-state index contributed by atoms with van der Waals surface area (Å²) in [5.74, 6) is -0.289. The quantitative estimate of drug-likeness (QED) is 0.853. The average Bonchev–Trinajstić information content (AvgIpc) is 2.82. The van der Waals surface area contributed by atoms with Crippen molar-refractivity contribution in [3.63, 3.8) is 0 Å². The number of halogens is 1. The molecule has 2 rings (SSSR count). The number of benzene rings is 1. The van der Waals surface area contributed by atoms with E-state index >= 15 is 0 Å². The van der Waals surface area contributed by atoms with Gasteiger partial charge < -0.3 is 14.8 Å². The molecule has 1 N–H and O–H groups in total. The largest absolute Gasteiger partial charge is 0.464 e. The molecule has 0 aromatic heterocycles. The minimum atomic E-state index is -0.818. The van der Waals surface area contributed by atoms with Crippen LogP contribution in [0.5, 0.6) is 0 Å². The molecule has 4 nitrogen and oxygen atoms in total. The zero-order chi connectivity index (χ0) is 13.0. The number of hydrogen-bond acceptors (Lipinski definition) is 4. The number of nitrogens with one attached hydrogen (secondary N) is 1. The first kappa shape index (κ1) is 13.2. The Labute approximate surface area is 111 Å². The Morgan fingerprint density at radius 2 is 2.33 bits per heavy atom. The second-order valence-electron chi connectivity index (χ2n) is 4.21. The maximum Gasteiger partial charge on any atom is 0.334 e. The zero-order valence-electron chi connectivity index (χ0n) is 10.2. The van der Waals surface area contributed by atoms with E-state index in [1.54, 1.807) is 13.0 Å². The van der Waals surface area contributed by atoms with Gasteiger partial charge in [-0.2, -0.15) is 0 Å². The van der Waals surface area contributed by atoms with Crippen molar-refractivity contribution in [3.8, 4) is 0 Å². The summed E-state index contributed by atoms with van der Waals surface area (Å²) < 4.78 is 10.5. The minimum absolute atomic E-state index is 0.289. The van der Waals surface area contributed by atoms with Crippen molar-refractivity contribution in [2.75, 3.05) is 25.1 Å². The fourth-order valence-electron chi connectivity index (χ4n) is 1.97. The number of ether oxygens (including phenoxy) is 2. The Morgan fingerprint density at radius 3 is 2.94 bits per heavy atom. The smallest absolute Gasteiger partial charge is 0.334 e. The van der Waals surface area contributed by atoms with Crippen LogP contribution < -0.4 is 5.32 Å².